The first-order chi connectivity index (χ1) is 7.65. The van der Waals surface area contributed by atoms with Crippen molar-refractivity contribution in [2.75, 3.05) is 0 Å². The van der Waals surface area contributed by atoms with E-state index in [1.165, 1.54) is 0 Å². The number of aliphatic hydroxyl groups is 1. The van der Waals surface area contributed by atoms with Crippen molar-refractivity contribution in [3.05, 3.63) is 35.3 Å². The predicted molar refractivity (Wildman–Crippen MR) is 64.6 cm³/mol. The lowest BCUT2D eigenvalue weighted by atomic mass is 10.2. The summed E-state index contributed by atoms with van der Waals surface area (Å²) in [5, 5.41) is 21.3. The molecule has 2 rings (SSSR count). The Hall–Kier alpha value is -1.39. The molecule has 1 atom stereocenters. The average Bonchev–Trinajstić information content (AvgIpc) is 2.66. The van der Waals surface area contributed by atoms with E-state index in [2.05, 4.69) is 4.98 Å². The van der Waals surface area contributed by atoms with Gasteiger partial charge in [-0.15, -0.1) is 11.3 Å². The minimum absolute atomic E-state index is 0.254. The predicted octanol–water partition coefficient (Wildman–Crippen LogP) is 2.44. The van der Waals surface area contributed by atoms with E-state index in [0.717, 1.165) is 16.3 Å². The Balaban J connectivity index is 2.21. The number of aromatic hydroxyl groups is 1. The second-order valence-electron chi connectivity index (χ2n) is 3.74. The lowest BCUT2D eigenvalue weighted by Gasteiger charge is -1.99. The van der Waals surface area contributed by atoms with E-state index in [1.54, 1.807) is 30.4 Å². The third kappa shape index (κ3) is 2.59. The number of thiazole rings is 1. The summed E-state index contributed by atoms with van der Waals surface area (Å²) in [5.74, 6) is 0.254. The Kier molecular flexibility index (Phi) is 3.22. The average molecular weight is 235 g/mol. The first kappa shape index (κ1) is 11.1. The molecule has 2 N–H and O–H groups in total. The molecule has 4 heteroatoms. The summed E-state index contributed by atoms with van der Waals surface area (Å²) in [5.41, 5.74) is 1.89. The zero-order valence-electron chi connectivity index (χ0n) is 8.92. The standard InChI is InChI=1S/C12H13NO2S/c1-8(14)6-10-7-16-12(13-10)9-2-4-11(15)5-3-9/h2-5,7-8,14-15H,6H2,1H3. The van der Waals surface area contributed by atoms with Crippen LogP contribution < -0.4 is 0 Å². The number of rotatable bonds is 3. The SMILES string of the molecule is CC(O)Cc1csc(-c2ccc(O)cc2)n1. The summed E-state index contributed by atoms with van der Waals surface area (Å²) in [6.07, 6.45) is 0.212. The molecule has 16 heavy (non-hydrogen) atoms. The van der Waals surface area contributed by atoms with Gasteiger partial charge >= 0.3 is 0 Å². The fraction of sp³-hybridized carbons (Fsp3) is 0.250. The zero-order valence-corrected chi connectivity index (χ0v) is 9.74. The van der Waals surface area contributed by atoms with Gasteiger partial charge in [0.2, 0.25) is 0 Å². The number of nitrogens with zero attached hydrogens (tertiary/aromatic N) is 1. The summed E-state index contributed by atoms with van der Waals surface area (Å²) in [4.78, 5) is 4.43. The second-order valence-corrected chi connectivity index (χ2v) is 4.60. The molecule has 0 aliphatic heterocycles. The van der Waals surface area contributed by atoms with Crippen LogP contribution in [0.15, 0.2) is 29.6 Å². The van der Waals surface area contributed by atoms with Crippen molar-refractivity contribution in [2.45, 2.75) is 19.4 Å². The monoisotopic (exact) mass is 235 g/mol. The summed E-state index contributed by atoms with van der Waals surface area (Å²) in [7, 11) is 0. The van der Waals surface area contributed by atoms with Crippen molar-refractivity contribution in [1.29, 1.82) is 0 Å². The molecule has 3 nitrogen and oxygen atoms in total. The lowest BCUT2D eigenvalue weighted by molar-refractivity contribution is 0.194. The summed E-state index contributed by atoms with van der Waals surface area (Å²) in [6, 6.07) is 6.96. The van der Waals surface area contributed by atoms with Crippen LogP contribution in [-0.4, -0.2) is 21.3 Å². The van der Waals surface area contributed by atoms with Crippen LogP contribution in [-0.2, 0) is 6.42 Å². The van der Waals surface area contributed by atoms with Gasteiger partial charge in [-0.25, -0.2) is 4.98 Å². The van der Waals surface area contributed by atoms with Gasteiger partial charge in [0.15, 0.2) is 0 Å². The Labute approximate surface area is 98.0 Å². The van der Waals surface area contributed by atoms with Gasteiger partial charge < -0.3 is 10.2 Å². The quantitative estimate of drug-likeness (QED) is 0.859. The van der Waals surface area contributed by atoms with E-state index in [1.807, 2.05) is 17.5 Å². The van der Waals surface area contributed by atoms with Gasteiger partial charge in [0, 0.05) is 17.4 Å². The molecule has 2 aromatic rings. The molecule has 1 heterocycles. The Morgan fingerprint density at radius 2 is 2.00 bits per heavy atom. The first-order valence-corrected chi connectivity index (χ1v) is 5.95. The van der Waals surface area contributed by atoms with Gasteiger partial charge in [0.05, 0.1) is 11.8 Å². The van der Waals surface area contributed by atoms with E-state index in [0.29, 0.717) is 6.42 Å². The van der Waals surface area contributed by atoms with Crippen LogP contribution in [0.5, 0.6) is 5.75 Å². The normalized spacial score (nSPS) is 12.6. The van der Waals surface area contributed by atoms with Crippen molar-refractivity contribution < 1.29 is 10.2 Å². The molecule has 1 aromatic carbocycles. The second kappa shape index (κ2) is 4.63. The van der Waals surface area contributed by atoms with Crippen molar-refractivity contribution >= 4 is 11.3 Å². The molecule has 0 aliphatic carbocycles. The lowest BCUT2D eigenvalue weighted by Crippen LogP contribution is -2.04. The van der Waals surface area contributed by atoms with Crippen LogP contribution in [0.2, 0.25) is 0 Å². The van der Waals surface area contributed by atoms with Gasteiger partial charge in [-0.3, -0.25) is 0 Å². The van der Waals surface area contributed by atoms with Crippen molar-refractivity contribution in [3.63, 3.8) is 0 Å². The van der Waals surface area contributed by atoms with E-state index in [4.69, 9.17) is 0 Å². The summed E-state index contributed by atoms with van der Waals surface area (Å²) >= 11 is 1.55. The number of benzene rings is 1. The number of phenolic OH excluding ortho intramolecular Hbond substituents is 1. The molecule has 0 radical (unpaired) electrons. The highest BCUT2D eigenvalue weighted by Crippen LogP contribution is 2.25. The smallest absolute Gasteiger partial charge is 0.123 e. The summed E-state index contributed by atoms with van der Waals surface area (Å²) in [6.45, 7) is 1.75. The number of aliphatic hydroxyl groups excluding tert-OH is 1. The Morgan fingerprint density at radius 1 is 1.31 bits per heavy atom. The van der Waals surface area contributed by atoms with Crippen molar-refractivity contribution in [1.82, 2.24) is 4.98 Å². The first-order valence-electron chi connectivity index (χ1n) is 5.07. The van der Waals surface area contributed by atoms with Crippen molar-refractivity contribution in [2.24, 2.45) is 0 Å². The molecule has 0 bridgehead atoms. The molecule has 1 unspecified atom stereocenters. The largest absolute Gasteiger partial charge is 0.508 e. The van der Waals surface area contributed by atoms with Gasteiger partial charge in [-0.2, -0.15) is 0 Å². The third-order valence-electron chi connectivity index (χ3n) is 2.17. The van der Waals surface area contributed by atoms with Gasteiger partial charge in [0.1, 0.15) is 10.8 Å². The molecular formula is C12H13NO2S. The van der Waals surface area contributed by atoms with Crippen LogP contribution in [0.1, 0.15) is 12.6 Å². The van der Waals surface area contributed by atoms with Gasteiger partial charge in [-0.05, 0) is 31.2 Å². The van der Waals surface area contributed by atoms with E-state index < -0.39 is 0 Å². The molecule has 0 aliphatic rings. The van der Waals surface area contributed by atoms with E-state index in [-0.39, 0.29) is 11.9 Å². The van der Waals surface area contributed by atoms with E-state index in [9.17, 15) is 10.2 Å². The number of aromatic nitrogens is 1. The van der Waals surface area contributed by atoms with Crippen LogP contribution in [0.3, 0.4) is 0 Å². The molecule has 0 saturated carbocycles. The Bertz CT molecular complexity index is 462. The topological polar surface area (TPSA) is 53.4 Å². The Morgan fingerprint density at radius 3 is 2.62 bits per heavy atom. The number of phenols is 1. The number of hydrogen-bond donors (Lipinski definition) is 2. The highest BCUT2D eigenvalue weighted by Gasteiger charge is 2.06. The minimum atomic E-state index is -0.366. The molecule has 0 fully saturated rings. The number of hydrogen-bond acceptors (Lipinski definition) is 4. The maximum atomic E-state index is 9.25. The molecule has 0 amide bonds. The highest BCUT2D eigenvalue weighted by atomic mass is 32.1. The molecule has 84 valence electrons. The highest BCUT2D eigenvalue weighted by molar-refractivity contribution is 7.13. The maximum absolute atomic E-state index is 9.25. The van der Waals surface area contributed by atoms with Crippen molar-refractivity contribution in [3.8, 4) is 16.3 Å². The zero-order chi connectivity index (χ0) is 11.5. The van der Waals surface area contributed by atoms with Crippen LogP contribution in [0, 0.1) is 0 Å². The molecule has 0 saturated heterocycles. The minimum Gasteiger partial charge on any atom is -0.508 e. The fourth-order valence-corrected chi connectivity index (χ4v) is 2.28. The van der Waals surface area contributed by atoms with Crippen LogP contribution in [0.4, 0.5) is 0 Å². The van der Waals surface area contributed by atoms with Gasteiger partial charge in [-0.1, -0.05) is 0 Å². The molecule has 1 aromatic heterocycles. The van der Waals surface area contributed by atoms with Gasteiger partial charge in [0.25, 0.3) is 0 Å². The molecular weight excluding hydrogens is 222 g/mol. The third-order valence-corrected chi connectivity index (χ3v) is 3.11. The van der Waals surface area contributed by atoms with E-state index >= 15 is 0 Å². The van der Waals surface area contributed by atoms with Crippen LogP contribution >= 0.6 is 11.3 Å². The maximum Gasteiger partial charge on any atom is 0.123 e. The van der Waals surface area contributed by atoms with Crippen LogP contribution in [0.25, 0.3) is 10.6 Å². The molecule has 0 spiro atoms. The summed E-state index contributed by atoms with van der Waals surface area (Å²) < 4.78 is 0. The fourth-order valence-electron chi connectivity index (χ4n) is 1.44.